The highest BCUT2D eigenvalue weighted by Gasteiger charge is 2.45. The van der Waals surface area contributed by atoms with E-state index in [1.165, 1.54) is 5.56 Å². The molecule has 4 nitrogen and oxygen atoms in total. The molecule has 2 unspecified atom stereocenters. The molecule has 22 heavy (non-hydrogen) atoms. The predicted octanol–water partition coefficient (Wildman–Crippen LogP) is 2.84. The van der Waals surface area contributed by atoms with Crippen LogP contribution in [-0.4, -0.2) is 50.0 Å². The molecule has 124 valence electrons. The Morgan fingerprint density at radius 2 is 2.00 bits per heavy atom. The van der Waals surface area contributed by atoms with E-state index >= 15 is 0 Å². The van der Waals surface area contributed by atoms with Gasteiger partial charge in [-0.1, -0.05) is 20.8 Å². The van der Waals surface area contributed by atoms with Crippen LogP contribution in [-0.2, 0) is 5.41 Å². The van der Waals surface area contributed by atoms with Crippen molar-refractivity contribution in [3.8, 4) is 5.75 Å². The summed E-state index contributed by atoms with van der Waals surface area (Å²) in [6.07, 6.45) is 1.57. The Labute approximate surface area is 134 Å². The summed E-state index contributed by atoms with van der Waals surface area (Å²) in [5.41, 5.74) is 2.06. The molecule has 0 radical (unpaired) electrons. The molecule has 0 bridgehead atoms. The quantitative estimate of drug-likeness (QED) is 0.840. The van der Waals surface area contributed by atoms with Gasteiger partial charge in [0.2, 0.25) is 0 Å². The Morgan fingerprint density at radius 3 is 2.59 bits per heavy atom. The fraction of sp³-hybridized carbons (Fsp3) is 0.667. The fourth-order valence-electron chi connectivity index (χ4n) is 3.58. The SMILES string of the molecule is CCN(CC)CCCC1(C)c2cc(OC)ccc2N(C)C1O. The van der Waals surface area contributed by atoms with E-state index in [4.69, 9.17) is 4.74 Å². The van der Waals surface area contributed by atoms with Crippen LogP contribution in [0.5, 0.6) is 5.75 Å². The van der Waals surface area contributed by atoms with Gasteiger partial charge in [0.25, 0.3) is 0 Å². The van der Waals surface area contributed by atoms with Gasteiger partial charge < -0.3 is 19.6 Å². The summed E-state index contributed by atoms with van der Waals surface area (Å²) >= 11 is 0. The average Bonchev–Trinajstić information content (AvgIpc) is 2.73. The van der Waals surface area contributed by atoms with E-state index in [2.05, 4.69) is 31.7 Å². The van der Waals surface area contributed by atoms with Crippen molar-refractivity contribution in [2.45, 2.75) is 45.3 Å². The van der Waals surface area contributed by atoms with Crippen molar-refractivity contribution in [1.82, 2.24) is 4.90 Å². The first-order valence-corrected chi connectivity index (χ1v) is 8.29. The molecule has 2 atom stereocenters. The number of fused-ring (bicyclic) bond motifs is 1. The van der Waals surface area contributed by atoms with Crippen molar-refractivity contribution < 1.29 is 9.84 Å². The second-order valence-electron chi connectivity index (χ2n) is 6.42. The summed E-state index contributed by atoms with van der Waals surface area (Å²) < 4.78 is 5.37. The maximum absolute atomic E-state index is 10.8. The first-order valence-electron chi connectivity index (χ1n) is 8.29. The number of methoxy groups -OCH3 is 1. The van der Waals surface area contributed by atoms with Gasteiger partial charge in [0.05, 0.1) is 7.11 Å². The lowest BCUT2D eigenvalue weighted by Crippen LogP contribution is -2.41. The van der Waals surface area contributed by atoms with Crippen LogP contribution >= 0.6 is 0 Å². The summed E-state index contributed by atoms with van der Waals surface area (Å²) in [6, 6.07) is 6.09. The molecule has 0 fully saturated rings. The number of nitrogens with zero attached hydrogens (tertiary/aromatic N) is 2. The Hall–Kier alpha value is -1.26. The van der Waals surface area contributed by atoms with Gasteiger partial charge >= 0.3 is 0 Å². The van der Waals surface area contributed by atoms with Crippen molar-refractivity contribution in [3.05, 3.63) is 23.8 Å². The maximum atomic E-state index is 10.8. The van der Waals surface area contributed by atoms with E-state index in [1.54, 1.807) is 7.11 Å². The van der Waals surface area contributed by atoms with Crippen molar-refractivity contribution in [2.75, 3.05) is 38.7 Å². The summed E-state index contributed by atoms with van der Waals surface area (Å²) in [4.78, 5) is 4.41. The molecule has 1 aliphatic rings. The summed E-state index contributed by atoms with van der Waals surface area (Å²) in [6.45, 7) is 9.81. The number of ether oxygens (including phenoxy) is 1. The molecule has 0 aliphatic carbocycles. The van der Waals surface area contributed by atoms with Gasteiger partial charge in [0.1, 0.15) is 12.0 Å². The van der Waals surface area contributed by atoms with Crippen LogP contribution in [0.2, 0.25) is 0 Å². The first kappa shape index (κ1) is 17.1. The Morgan fingerprint density at radius 1 is 1.32 bits per heavy atom. The second kappa shape index (κ2) is 6.88. The van der Waals surface area contributed by atoms with Gasteiger partial charge in [0, 0.05) is 18.2 Å². The molecular formula is C18H30N2O2. The van der Waals surface area contributed by atoms with Crippen LogP contribution in [0.1, 0.15) is 39.2 Å². The van der Waals surface area contributed by atoms with Crippen LogP contribution in [0.4, 0.5) is 5.69 Å². The van der Waals surface area contributed by atoms with Crippen LogP contribution in [0.25, 0.3) is 0 Å². The zero-order valence-corrected chi connectivity index (χ0v) is 14.6. The number of benzene rings is 1. The molecule has 4 heteroatoms. The highest BCUT2D eigenvalue weighted by atomic mass is 16.5. The molecule has 0 spiro atoms. The van der Waals surface area contributed by atoms with E-state index in [0.717, 1.165) is 43.9 Å². The van der Waals surface area contributed by atoms with E-state index in [1.807, 2.05) is 24.1 Å². The Balaban J connectivity index is 2.19. The van der Waals surface area contributed by atoms with Gasteiger partial charge in [0.15, 0.2) is 0 Å². The van der Waals surface area contributed by atoms with E-state index in [-0.39, 0.29) is 5.41 Å². The summed E-state index contributed by atoms with van der Waals surface area (Å²) in [7, 11) is 3.65. The third-order valence-corrected chi connectivity index (χ3v) is 5.20. The lowest BCUT2D eigenvalue weighted by atomic mass is 9.78. The lowest BCUT2D eigenvalue weighted by Gasteiger charge is -2.32. The van der Waals surface area contributed by atoms with Gasteiger partial charge in [-0.05, 0) is 56.2 Å². The van der Waals surface area contributed by atoms with E-state index < -0.39 is 6.23 Å². The van der Waals surface area contributed by atoms with Gasteiger partial charge in [-0.25, -0.2) is 0 Å². The summed E-state index contributed by atoms with van der Waals surface area (Å²) in [5.74, 6) is 0.858. The number of aliphatic hydroxyl groups is 1. The first-order chi connectivity index (χ1) is 10.5. The Bertz CT molecular complexity index is 502. The normalized spacial score (nSPS) is 24.0. The van der Waals surface area contributed by atoms with Crippen LogP contribution in [0.3, 0.4) is 0 Å². The van der Waals surface area contributed by atoms with E-state index in [9.17, 15) is 5.11 Å². The van der Waals surface area contributed by atoms with Gasteiger partial charge in [-0.15, -0.1) is 0 Å². The van der Waals surface area contributed by atoms with Gasteiger partial charge in [-0.2, -0.15) is 0 Å². The van der Waals surface area contributed by atoms with Crippen LogP contribution in [0, 0.1) is 0 Å². The number of anilines is 1. The fourth-order valence-corrected chi connectivity index (χ4v) is 3.58. The van der Waals surface area contributed by atoms with Crippen molar-refractivity contribution in [3.63, 3.8) is 0 Å². The summed E-state index contributed by atoms with van der Waals surface area (Å²) in [5, 5.41) is 10.8. The lowest BCUT2D eigenvalue weighted by molar-refractivity contribution is 0.0945. The van der Waals surface area contributed by atoms with Crippen molar-refractivity contribution in [1.29, 1.82) is 0 Å². The minimum atomic E-state index is -0.480. The molecule has 0 amide bonds. The number of likely N-dealkylation sites (N-methyl/N-ethyl adjacent to an activating group) is 1. The van der Waals surface area contributed by atoms with Gasteiger partial charge in [-0.3, -0.25) is 0 Å². The second-order valence-corrected chi connectivity index (χ2v) is 6.42. The number of hydrogen-bond acceptors (Lipinski definition) is 4. The monoisotopic (exact) mass is 306 g/mol. The topological polar surface area (TPSA) is 35.9 Å². The standard InChI is InChI=1S/C18H30N2O2/c1-6-20(7-2)12-8-11-18(3)15-13-14(22-5)9-10-16(15)19(4)17(18)21/h9-10,13,17,21H,6-8,11-12H2,1-5H3. The third-order valence-electron chi connectivity index (χ3n) is 5.20. The smallest absolute Gasteiger partial charge is 0.136 e. The van der Waals surface area contributed by atoms with Crippen molar-refractivity contribution in [2.24, 2.45) is 0 Å². The number of aliphatic hydroxyl groups excluding tert-OH is 1. The average molecular weight is 306 g/mol. The molecule has 1 heterocycles. The number of hydrogen-bond donors (Lipinski definition) is 1. The van der Waals surface area contributed by atoms with Crippen LogP contribution < -0.4 is 9.64 Å². The number of rotatable bonds is 7. The molecular weight excluding hydrogens is 276 g/mol. The maximum Gasteiger partial charge on any atom is 0.136 e. The largest absolute Gasteiger partial charge is 0.497 e. The predicted molar refractivity (Wildman–Crippen MR) is 91.8 cm³/mol. The zero-order chi connectivity index (χ0) is 16.3. The minimum Gasteiger partial charge on any atom is -0.497 e. The Kier molecular flexibility index (Phi) is 5.35. The molecule has 1 aromatic rings. The molecule has 0 saturated heterocycles. The molecule has 1 N–H and O–H groups in total. The highest BCUT2D eigenvalue weighted by Crippen LogP contribution is 2.47. The minimum absolute atomic E-state index is 0.244. The molecule has 0 saturated carbocycles. The third kappa shape index (κ3) is 2.95. The molecule has 0 aromatic heterocycles. The van der Waals surface area contributed by atoms with Crippen LogP contribution in [0.15, 0.2) is 18.2 Å². The van der Waals surface area contributed by atoms with E-state index in [0.29, 0.717) is 0 Å². The molecule has 2 rings (SSSR count). The highest BCUT2D eigenvalue weighted by molar-refractivity contribution is 5.64. The zero-order valence-electron chi connectivity index (χ0n) is 14.6. The molecule has 1 aromatic carbocycles. The van der Waals surface area contributed by atoms with Crippen molar-refractivity contribution >= 4 is 5.69 Å². The molecule has 1 aliphatic heterocycles.